The number of benzene rings is 2. The lowest BCUT2D eigenvalue weighted by atomic mass is 9.77. The predicted octanol–water partition coefficient (Wildman–Crippen LogP) is 4.12. The predicted molar refractivity (Wildman–Crippen MR) is 115 cm³/mol. The second kappa shape index (κ2) is 9.08. The summed E-state index contributed by atoms with van der Waals surface area (Å²) in [6.45, 7) is 2.38. The van der Waals surface area contributed by atoms with Crippen LogP contribution >= 0.6 is 0 Å². The van der Waals surface area contributed by atoms with Crippen LogP contribution in [-0.4, -0.2) is 18.4 Å². The zero-order valence-electron chi connectivity index (χ0n) is 17.4. The van der Waals surface area contributed by atoms with Crippen LogP contribution in [0.4, 0.5) is 0 Å². The van der Waals surface area contributed by atoms with Gasteiger partial charge >= 0.3 is 5.97 Å². The molecule has 0 fully saturated rings. The van der Waals surface area contributed by atoms with E-state index in [-0.39, 0.29) is 23.8 Å². The van der Waals surface area contributed by atoms with Gasteiger partial charge in [0.15, 0.2) is 5.78 Å². The van der Waals surface area contributed by atoms with Crippen molar-refractivity contribution in [3.63, 3.8) is 0 Å². The number of carbonyl (C=O) groups is 2. The van der Waals surface area contributed by atoms with E-state index in [1.165, 1.54) is 0 Å². The van der Waals surface area contributed by atoms with Crippen molar-refractivity contribution in [2.24, 2.45) is 5.73 Å². The summed E-state index contributed by atoms with van der Waals surface area (Å²) < 4.78 is 16.8. The molecule has 1 aliphatic carbocycles. The molecule has 4 rings (SSSR count). The van der Waals surface area contributed by atoms with E-state index in [9.17, 15) is 9.59 Å². The quantitative estimate of drug-likeness (QED) is 0.709. The molecule has 2 aromatic rings. The van der Waals surface area contributed by atoms with Gasteiger partial charge in [-0.05, 0) is 36.6 Å². The second-order valence-corrected chi connectivity index (χ2v) is 7.49. The molecular formula is C25H25NO5. The Hall–Kier alpha value is -3.54. The largest absolute Gasteiger partial charge is 0.489 e. The normalized spacial score (nSPS) is 18.4. The van der Waals surface area contributed by atoms with Gasteiger partial charge < -0.3 is 19.9 Å². The van der Waals surface area contributed by atoms with Crippen molar-refractivity contribution >= 4 is 11.8 Å². The van der Waals surface area contributed by atoms with Gasteiger partial charge in [-0.1, -0.05) is 42.5 Å². The van der Waals surface area contributed by atoms with Crippen molar-refractivity contribution in [2.75, 3.05) is 6.61 Å². The van der Waals surface area contributed by atoms with E-state index < -0.39 is 11.9 Å². The van der Waals surface area contributed by atoms with Gasteiger partial charge in [0.2, 0.25) is 5.88 Å². The fourth-order valence-electron chi connectivity index (χ4n) is 3.99. The van der Waals surface area contributed by atoms with Crippen LogP contribution in [0, 0.1) is 0 Å². The minimum absolute atomic E-state index is 0.00121. The Morgan fingerprint density at radius 3 is 2.55 bits per heavy atom. The lowest BCUT2D eigenvalue weighted by Crippen LogP contribution is -2.31. The lowest BCUT2D eigenvalue weighted by Gasteiger charge is -2.32. The van der Waals surface area contributed by atoms with Crippen molar-refractivity contribution in [2.45, 2.75) is 38.7 Å². The van der Waals surface area contributed by atoms with Gasteiger partial charge in [0.1, 0.15) is 23.7 Å². The molecular weight excluding hydrogens is 394 g/mol. The molecule has 1 atom stereocenters. The van der Waals surface area contributed by atoms with Crippen LogP contribution in [-0.2, 0) is 25.7 Å². The first kappa shape index (κ1) is 20.7. The van der Waals surface area contributed by atoms with E-state index in [2.05, 4.69) is 0 Å². The lowest BCUT2D eigenvalue weighted by molar-refractivity contribution is -0.139. The Labute approximate surface area is 181 Å². The van der Waals surface area contributed by atoms with E-state index in [1.807, 2.05) is 54.6 Å². The van der Waals surface area contributed by atoms with Crippen molar-refractivity contribution in [1.29, 1.82) is 0 Å². The highest BCUT2D eigenvalue weighted by Crippen LogP contribution is 2.44. The molecule has 31 heavy (non-hydrogen) atoms. The molecule has 1 aliphatic heterocycles. The van der Waals surface area contributed by atoms with E-state index >= 15 is 0 Å². The Kier molecular flexibility index (Phi) is 6.07. The molecule has 6 nitrogen and oxygen atoms in total. The summed E-state index contributed by atoms with van der Waals surface area (Å²) in [5.74, 6) is 0.0408. The van der Waals surface area contributed by atoms with Crippen LogP contribution in [0.5, 0.6) is 5.75 Å². The van der Waals surface area contributed by atoms with E-state index in [1.54, 1.807) is 6.92 Å². The number of Topliss-reactive ketones (excluding diaryl/α,β-unsaturated/α-hetero) is 1. The smallest absolute Gasteiger partial charge is 0.340 e. The minimum atomic E-state index is -0.612. The summed E-state index contributed by atoms with van der Waals surface area (Å²) in [4.78, 5) is 25.5. The van der Waals surface area contributed by atoms with Gasteiger partial charge in [0.05, 0.1) is 12.5 Å². The maximum Gasteiger partial charge on any atom is 0.340 e. The molecule has 0 radical (unpaired) electrons. The molecule has 0 saturated heterocycles. The van der Waals surface area contributed by atoms with Gasteiger partial charge in [-0.3, -0.25) is 4.79 Å². The highest BCUT2D eigenvalue weighted by Gasteiger charge is 2.41. The second-order valence-electron chi connectivity index (χ2n) is 7.49. The standard InChI is InChI=1S/C25H25NO5/c1-2-29-25(28)23-21(22-19(27)9-6-10-20(22)31-24(23)26)17-11-13-18(14-12-17)30-15-16-7-4-3-5-8-16/h3-5,7-8,11-14,21H,2,6,9-10,15,26H2,1H3/t21-/m0/s1. The zero-order valence-corrected chi connectivity index (χ0v) is 17.4. The van der Waals surface area contributed by atoms with Crippen molar-refractivity contribution in [1.82, 2.24) is 0 Å². The van der Waals surface area contributed by atoms with Gasteiger partial charge in [0.25, 0.3) is 0 Å². The summed E-state index contributed by atoms with van der Waals surface area (Å²) in [6, 6.07) is 17.3. The highest BCUT2D eigenvalue weighted by molar-refractivity contribution is 6.03. The van der Waals surface area contributed by atoms with Gasteiger partial charge in [0, 0.05) is 18.4 Å². The Balaban J connectivity index is 1.64. The third-order valence-corrected chi connectivity index (χ3v) is 5.44. The highest BCUT2D eigenvalue weighted by atomic mass is 16.5. The maximum absolute atomic E-state index is 12.8. The number of rotatable bonds is 6. The third kappa shape index (κ3) is 4.33. The first-order chi connectivity index (χ1) is 15.1. The Bertz CT molecular complexity index is 1040. The van der Waals surface area contributed by atoms with E-state index in [0.717, 1.165) is 11.1 Å². The molecule has 0 saturated carbocycles. The van der Waals surface area contributed by atoms with Crippen LogP contribution in [0.25, 0.3) is 0 Å². The van der Waals surface area contributed by atoms with Crippen molar-refractivity contribution in [3.8, 4) is 5.75 Å². The number of nitrogens with two attached hydrogens (primary N) is 1. The fourth-order valence-corrected chi connectivity index (χ4v) is 3.99. The van der Waals surface area contributed by atoms with Crippen LogP contribution in [0.2, 0.25) is 0 Å². The average Bonchev–Trinajstić information content (AvgIpc) is 2.78. The molecule has 0 bridgehead atoms. The number of esters is 1. The maximum atomic E-state index is 12.8. The zero-order chi connectivity index (χ0) is 21.8. The fraction of sp³-hybridized carbons (Fsp3) is 0.280. The SMILES string of the molecule is CCOC(=O)C1=C(N)OC2=C(C(=O)CCC2)[C@@H]1c1ccc(OCc2ccccc2)cc1. The summed E-state index contributed by atoms with van der Waals surface area (Å²) in [6.07, 6.45) is 1.75. The first-order valence-corrected chi connectivity index (χ1v) is 10.5. The van der Waals surface area contributed by atoms with Gasteiger partial charge in [-0.25, -0.2) is 4.79 Å². The molecule has 0 unspecified atom stereocenters. The van der Waals surface area contributed by atoms with Gasteiger partial charge in [-0.15, -0.1) is 0 Å². The number of ketones is 1. The number of hydrogen-bond acceptors (Lipinski definition) is 6. The number of ether oxygens (including phenoxy) is 3. The summed E-state index contributed by atoms with van der Waals surface area (Å²) in [7, 11) is 0. The summed E-state index contributed by atoms with van der Waals surface area (Å²) in [5.41, 5.74) is 8.63. The monoisotopic (exact) mass is 419 g/mol. The van der Waals surface area contributed by atoms with E-state index in [4.69, 9.17) is 19.9 Å². The molecule has 160 valence electrons. The molecule has 2 N–H and O–H groups in total. The summed E-state index contributed by atoms with van der Waals surface area (Å²) in [5, 5.41) is 0. The van der Waals surface area contributed by atoms with Crippen LogP contribution in [0.15, 0.2) is 77.4 Å². The molecule has 0 amide bonds. The number of carbonyl (C=O) groups excluding carboxylic acids is 2. The molecule has 0 spiro atoms. The van der Waals surface area contributed by atoms with Crippen LogP contribution < -0.4 is 10.5 Å². The summed E-state index contributed by atoms with van der Waals surface area (Å²) >= 11 is 0. The Morgan fingerprint density at radius 1 is 1.10 bits per heavy atom. The average molecular weight is 419 g/mol. The number of allylic oxidation sites excluding steroid dienone is 2. The van der Waals surface area contributed by atoms with Crippen molar-refractivity contribution in [3.05, 3.63) is 88.5 Å². The topological polar surface area (TPSA) is 87.9 Å². The minimum Gasteiger partial charge on any atom is -0.489 e. The molecule has 2 aliphatic rings. The molecule has 0 aromatic heterocycles. The van der Waals surface area contributed by atoms with Crippen LogP contribution in [0.1, 0.15) is 43.2 Å². The first-order valence-electron chi connectivity index (χ1n) is 10.5. The third-order valence-electron chi connectivity index (χ3n) is 5.44. The molecule has 6 heteroatoms. The number of hydrogen-bond donors (Lipinski definition) is 1. The van der Waals surface area contributed by atoms with Crippen molar-refractivity contribution < 1.29 is 23.8 Å². The van der Waals surface area contributed by atoms with Gasteiger partial charge in [-0.2, -0.15) is 0 Å². The van der Waals surface area contributed by atoms with E-state index in [0.29, 0.717) is 43.0 Å². The van der Waals surface area contributed by atoms with Crippen LogP contribution in [0.3, 0.4) is 0 Å². The Morgan fingerprint density at radius 2 is 1.84 bits per heavy atom. The molecule has 1 heterocycles. The molecule has 2 aromatic carbocycles.